The molecule has 1 saturated carbocycles. The number of nitrogens with one attached hydrogen (secondary N) is 1. The molecule has 0 saturated heterocycles. The first-order chi connectivity index (χ1) is 18.6. The van der Waals surface area contributed by atoms with Crippen LogP contribution in [-0.4, -0.2) is 46.9 Å². The van der Waals surface area contributed by atoms with Gasteiger partial charge in [0.2, 0.25) is 0 Å². The average Bonchev–Trinajstić information content (AvgIpc) is 2.94. The van der Waals surface area contributed by atoms with Crippen molar-refractivity contribution in [2.75, 3.05) is 32.0 Å². The first-order valence-corrected chi connectivity index (χ1v) is 15.3. The van der Waals surface area contributed by atoms with Crippen LogP contribution < -0.4 is 9.62 Å². The summed E-state index contributed by atoms with van der Waals surface area (Å²) in [4.78, 5) is 15.5. The lowest BCUT2D eigenvalue weighted by atomic mass is 9.76. The van der Waals surface area contributed by atoms with Crippen molar-refractivity contribution in [1.29, 1.82) is 0 Å². The van der Waals surface area contributed by atoms with Crippen LogP contribution >= 0.6 is 23.2 Å². The Kier molecular flexibility index (Phi) is 9.60. The van der Waals surface area contributed by atoms with Crippen molar-refractivity contribution in [2.24, 2.45) is 11.8 Å². The maximum absolute atomic E-state index is 13.3. The van der Waals surface area contributed by atoms with Crippen LogP contribution in [0.3, 0.4) is 0 Å². The molecule has 1 N–H and O–H groups in total. The molecule has 3 aromatic carbocycles. The zero-order valence-electron chi connectivity index (χ0n) is 22.5. The molecule has 1 fully saturated rings. The number of hydrogen-bond donors (Lipinski definition) is 1. The zero-order valence-corrected chi connectivity index (χ0v) is 24.8. The van der Waals surface area contributed by atoms with Gasteiger partial charge in [-0.15, -0.1) is 0 Å². The van der Waals surface area contributed by atoms with Crippen LogP contribution in [0.1, 0.15) is 47.6 Å². The van der Waals surface area contributed by atoms with E-state index >= 15 is 0 Å². The molecule has 1 amide bonds. The van der Waals surface area contributed by atoms with Gasteiger partial charge in [0.25, 0.3) is 15.9 Å². The SMILES string of the molecule is CN(C)C(c1ccccc1)C1CCC(CNC(=O)c2ccccc2N(C)S(=O)(=O)c2ccc(Cl)c(Cl)c2)CC1. The Labute approximate surface area is 242 Å². The van der Waals surface area contributed by atoms with Gasteiger partial charge in [0, 0.05) is 19.6 Å². The van der Waals surface area contributed by atoms with Crippen molar-refractivity contribution in [3.63, 3.8) is 0 Å². The number of carbonyl (C=O) groups is 1. The van der Waals surface area contributed by atoms with Crippen molar-refractivity contribution >= 4 is 44.8 Å². The average molecular weight is 589 g/mol. The molecule has 1 unspecified atom stereocenters. The smallest absolute Gasteiger partial charge is 0.264 e. The topological polar surface area (TPSA) is 69.7 Å². The molecule has 4 rings (SSSR count). The third kappa shape index (κ3) is 6.77. The molecule has 1 aliphatic carbocycles. The Bertz CT molecular complexity index is 1390. The number of anilines is 1. The molecule has 39 heavy (non-hydrogen) atoms. The molecule has 0 aromatic heterocycles. The Morgan fingerprint density at radius 3 is 2.18 bits per heavy atom. The zero-order chi connectivity index (χ0) is 28.2. The summed E-state index contributed by atoms with van der Waals surface area (Å²) in [5, 5.41) is 3.47. The molecule has 9 heteroatoms. The maximum Gasteiger partial charge on any atom is 0.264 e. The van der Waals surface area contributed by atoms with E-state index in [-0.39, 0.29) is 20.8 Å². The molecule has 208 valence electrons. The molecule has 0 spiro atoms. The van der Waals surface area contributed by atoms with Crippen molar-refractivity contribution in [1.82, 2.24) is 10.2 Å². The van der Waals surface area contributed by atoms with Gasteiger partial charge >= 0.3 is 0 Å². The van der Waals surface area contributed by atoms with E-state index in [1.807, 2.05) is 0 Å². The van der Waals surface area contributed by atoms with Crippen molar-refractivity contribution < 1.29 is 13.2 Å². The van der Waals surface area contributed by atoms with Gasteiger partial charge in [-0.2, -0.15) is 0 Å². The Morgan fingerprint density at radius 2 is 1.54 bits per heavy atom. The second-order valence-corrected chi connectivity index (χ2v) is 13.2. The lowest BCUT2D eigenvalue weighted by molar-refractivity contribution is 0.0935. The largest absolute Gasteiger partial charge is 0.352 e. The van der Waals surface area contributed by atoms with E-state index in [9.17, 15) is 13.2 Å². The number of benzene rings is 3. The van der Waals surface area contributed by atoms with E-state index < -0.39 is 10.0 Å². The number of amides is 1. The van der Waals surface area contributed by atoms with Crippen LogP contribution in [0.2, 0.25) is 10.0 Å². The predicted octanol–water partition coefficient (Wildman–Crippen LogP) is 6.66. The van der Waals surface area contributed by atoms with E-state index in [0.29, 0.717) is 35.7 Å². The van der Waals surface area contributed by atoms with Crippen LogP contribution in [0.4, 0.5) is 5.69 Å². The first kappa shape index (κ1) is 29.4. The van der Waals surface area contributed by atoms with Crippen LogP contribution in [0.5, 0.6) is 0 Å². The molecule has 0 radical (unpaired) electrons. The Hall–Kier alpha value is -2.58. The fourth-order valence-electron chi connectivity index (χ4n) is 5.55. The van der Waals surface area contributed by atoms with Gasteiger partial charge in [-0.1, -0.05) is 65.7 Å². The minimum atomic E-state index is -3.96. The minimum Gasteiger partial charge on any atom is -0.352 e. The second-order valence-electron chi connectivity index (χ2n) is 10.4. The summed E-state index contributed by atoms with van der Waals surface area (Å²) < 4.78 is 27.7. The van der Waals surface area contributed by atoms with Gasteiger partial charge in [-0.3, -0.25) is 9.10 Å². The lowest BCUT2D eigenvalue weighted by Gasteiger charge is -2.37. The number of hydrogen-bond acceptors (Lipinski definition) is 4. The standard InChI is InChI=1S/C30H35Cl2N3O3S/c1-34(2)29(22-9-5-4-6-10-22)23-15-13-21(14-16-23)20-33-30(36)25-11-7-8-12-28(25)35(3)39(37,38)24-17-18-26(31)27(32)19-24/h4-12,17-19,21,23,29H,13-16,20H2,1-3H3,(H,33,36). The highest BCUT2D eigenvalue weighted by molar-refractivity contribution is 7.92. The van der Waals surface area contributed by atoms with Gasteiger partial charge < -0.3 is 10.2 Å². The highest BCUT2D eigenvalue weighted by Gasteiger charge is 2.31. The van der Waals surface area contributed by atoms with Gasteiger partial charge in [0.15, 0.2) is 0 Å². The van der Waals surface area contributed by atoms with E-state index in [1.165, 1.54) is 30.8 Å². The molecule has 3 aromatic rings. The van der Waals surface area contributed by atoms with Gasteiger partial charge in [-0.05, 0) is 87.5 Å². The van der Waals surface area contributed by atoms with Crippen LogP contribution in [0, 0.1) is 11.8 Å². The summed E-state index contributed by atoms with van der Waals surface area (Å²) in [6.07, 6.45) is 4.27. The summed E-state index contributed by atoms with van der Waals surface area (Å²) in [6, 6.07) is 21.9. The molecular weight excluding hydrogens is 553 g/mol. The normalized spacial score (nSPS) is 18.5. The van der Waals surface area contributed by atoms with Crippen molar-refractivity contribution in [2.45, 2.75) is 36.6 Å². The van der Waals surface area contributed by atoms with E-state index in [4.69, 9.17) is 23.2 Å². The molecule has 6 nitrogen and oxygen atoms in total. The van der Waals surface area contributed by atoms with E-state index in [2.05, 4.69) is 54.6 Å². The third-order valence-corrected chi connectivity index (χ3v) is 10.1. The highest BCUT2D eigenvalue weighted by atomic mass is 35.5. The molecular formula is C30H35Cl2N3O3S. The third-order valence-electron chi connectivity index (χ3n) is 7.62. The van der Waals surface area contributed by atoms with Gasteiger partial charge in [-0.25, -0.2) is 8.42 Å². The van der Waals surface area contributed by atoms with Crippen LogP contribution in [-0.2, 0) is 10.0 Å². The van der Waals surface area contributed by atoms with Gasteiger partial charge in [0.1, 0.15) is 0 Å². The fourth-order valence-corrected chi connectivity index (χ4v) is 7.15. The predicted molar refractivity (Wildman–Crippen MR) is 159 cm³/mol. The minimum absolute atomic E-state index is 0.00194. The maximum atomic E-state index is 13.3. The Balaban J connectivity index is 1.40. The molecule has 0 heterocycles. The summed E-state index contributed by atoms with van der Waals surface area (Å²) in [6.45, 7) is 0.557. The molecule has 0 aliphatic heterocycles. The lowest BCUT2D eigenvalue weighted by Crippen LogP contribution is -2.35. The Morgan fingerprint density at radius 1 is 0.897 bits per heavy atom. The first-order valence-electron chi connectivity index (χ1n) is 13.1. The molecule has 1 aliphatic rings. The van der Waals surface area contributed by atoms with E-state index in [1.54, 1.807) is 24.3 Å². The summed E-state index contributed by atoms with van der Waals surface area (Å²) in [5.74, 6) is 0.656. The van der Waals surface area contributed by atoms with Crippen LogP contribution in [0.15, 0.2) is 77.7 Å². The summed E-state index contributed by atoms with van der Waals surface area (Å²) >= 11 is 12.0. The quantitative estimate of drug-likeness (QED) is 0.304. The van der Waals surface area contributed by atoms with Gasteiger partial charge in [0.05, 0.1) is 26.2 Å². The van der Waals surface area contributed by atoms with E-state index in [0.717, 1.165) is 30.0 Å². The van der Waals surface area contributed by atoms with Crippen molar-refractivity contribution in [3.05, 3.63) is 94.0 Å². The molecule has 1 atom stereocenters. The van der Waals surface area contributed by atoms with Crippen LogP contribution in [0.25, 0.3) is 0 Å². The number of halogens is 2. The monoisotopic (exact) mass is 587 g/mol. The van der Waals surface area contributed by atoms with Crippen molar-refractivity contribution in [3.8, 4) is 0 Å². The summed E-state index contributed by atoms with van der Waals surface area (Å²) in [7, 11) is 1.75. The number of nitrogens with zero attached hydrogens (tertiary/aromatic N) is 2. The number of rotatable bonds is 9. The fraction of sp³-hybridized carbons (Fsp3) is 0.367. The second kappa shape index (κ2) is 12.7. The number of sulfonamides is 1. The highest BCUT2D eigenvalue weighted by Crippen LogP contribution is 2.39. The number of para-hydroxylation sites is 1. The molecule has 0 bridgehead atoms. The summed E-state index contributed by atoms with van der Waals surface area (Å²) in [5.41, 5.74) is 1.94. The number of carbonyl (C=O) groups excluding carboxylic acids is 1.